The lowest BCUT2D eigenvalue weighted by atomic mass is 9.82. The van der Waals surface area contributed by atoms with Crippen LogP contribution in [0.15, 0.2) is 226 Å². The number of fused-ring (bicyclic) bond motifs is 5. The van der Waals surface area contributed by atoms with Gasteiger partial charge in [-0.1, -0.05) is 134 Å². The van der Waals surface area contributed by atoms with Crippen LogP contribution in [-0.4, -0.2) is 91.3 Å². The second kappa shape index (κ2) is 33.3. The Morgan fingerprint density at radius 2 is 0.882 bits per heavy atom. The molecule has 5 N–H and O–H groups in total. The molecule has 1 aliphatic rings. The molecule has 1 saturated heterocycles. The first-order valence-corrected chi connectivity index (χ1v) is 37.7. The van der Waals surface area contributed by atoms with E-state index in [2.05, 4.69) is 50.5 Å². The summed E-state index contributed by atoms with van der Waals surface area (Å²) < 4.78 is 22.1. The number of nitrogens with one attached hydrogen (secondary N) is 1. The van der Waals surface area contributed by atoms with Crippen LogP contribution in [0.4, 0.5) is 5.82 Å². The summed E-state index contributed by atoms with van der Waals surface area (Å²) in [6.07, 6.45) is 11.1. The van der Waals surface area contributed by atoms with Crippen LogP contribution < -0.4 is 38.9 Å². The fourth-order valence-corrected chi connectivity index (χ4v) is 14.9. The minimum Gasteiger partial charge on any atom is -0.399 e. The summed E-state index contributed by atoms with van der Waals surface area (Å²) in [6, 6.07) is 51.1. The lowest BCUT2D eigenvalue weighted by Crippen LogP contribution is -2.41. The van der Waals surface area contributed by atoms with Crippen LogP contribution in [0.25, 0.3) is 92.3 Å². The van der Waals surface area contributed by atoms with Gasteiger partial charge in [-0.15, -0.1) is 22.7 Å². The summed E-state index contributed by atoms with van der Waals surface area (Å²) in [7, 11) is 5.31. The maximum absolute atomic E-state index is 14.2. The summed E-state index contributed by atoms with van der Waals surface area (Å²) in [5, 5.41) is 21.5. The third kappa shape index (κ3) is 16.6. The molecule has 0 aliphatic carbocycles. The number of rotatable bonds is 11. The highest BCUT2D eigenvalue weighted by molar-refractivity contribution is 7.16. The van der Waals surface area contributed by atoms with E-state index in [9.17, 15) is 14.4 Å². The number of hydrogen-bond donors (Lipinski definition) is 3. The van der Waals surface area contributed by atoms with Crippen molar-refractivity contribution in [2.75, 3.05) is 5.32 Å². The molecule has 0 amide bonds. The molecule has 110 heavy (non-hydrogen) atoms. The highest BCUT2D eigenvalue weighted by atomic mass is 35.5. The standard InChI is InChI=1S/C26H20ClN7OS.C21H20N4O.C17H15ClN2O.C10H17BN2O2.C5HCl2N3S.CH4/c1-15(30-23-22-24(36-14-28-22)32-26(27)31-23)20-11-16-7-6-10-19(17-12-29-33(2)13-17)21(16)25(35)34(20)18-8-4-3-5-9-18;1-14(22)19-11-15-7-6-10-18(16-12-23-24(2)13-16)20(15)21(26)25(19)17-8-4-3-5-9-17;1-11(19)15-10-12-6-5-9-14(18)16(12)17(21)20(15)13-7-3-2-4-8-13;1-9(2)10(3,4)15-11(14-9)8-6-12-13(5)7-8;6-3-2-4(11-1-8-2)10-5(7)9-3;/h3-15H,1-2H3,(H,30,31,32);3-14H,22H2,1-2H3;2-11H,19H2,1H3;6-7H,1-5H3;1H;1H4/t15-;14-;11-;;;/m000.../s1. The minimum atomic E-state index is -0.305. The normalized spacial score (nSPS) is 13.6. The fraction of sp³-hybridized carbons (Fsp3) is 0.200. The molecular formula is C80H77BCl4N18O5S2. The van der Waals surface area contributed by atoms with Gasteiger partial charge in [0.15, 0.2) is 15.8 Å². The smallest absolute Gasteiger partial charge is 0.399 e. The van der Waals surface area contributed by atoms with E-state index in [-0.39, 0.29) is 71.1 Å². The van der Waals surface area contributed by atoms with Crippen LogP contribution in [0, 0.1) is 0 Å². The first-order valence-electron chi connectivity index (χ1n) is 34.4. The van der Waals surface area contributed by atoms with E-state index in [4.69, 9.17) is 67.2 Å². The van der Waals surface area contributed by atoms with Gasteiger partial charge in [0.05, 0.1) is 61.8 Å². The number of halogens is 4. The van der Waals surface area contributed by atoms with E-state index < -0.39 is 0 Å². The molecule has 30 heteroatoms. The van der Waals surface area contributed by atoms with Crippen molar-refractivity contribution >= 4 is 140 Å². The predicted octanol–water partition coefficient (Wildman–Crippen LogP) is 16.4. The molecule has 6 aromatic carbocycles. The Kier molecular flexibility index (Phi) is 23.9. The molecule has 3 atom stereocenters. The average Bonchev–Trinajstić information content (AvgIpc) is 0.831. The summed E-state index contributed by atoms with van der Waals surface area (Å²) in [5.41, 5.74) is 25.2. The Hall–Kier alpha value is -10.6. The Morgan fingerprint density at radius 3 is 1.33 bits per heavy atom. The minimum absolute atomic E-state index is 0. The van der Waals surface area contributed by atoms with Crippen molar-refractivity contribution < 1.29 is 9.31 Å². The number of anilines is 1. The van der Waals surface area contributed by atoms with Crippen LogP contribution in [0.3, 0.4) is 0 Å². The van der Waals surface area contributed by atoms with Gasteiger partial charge in [-0.25, -0.2) is 24.9 Å². The number of nitrogens with zero attached hydrogens (tertiary/aromatic N) is 15. The Bertz CT molecular complexity index is 6170. The van der Waals surface area contributed by atoms with Crippen LogP contribution in [0.2, 0.25) is 20.7 Å². The van der Waals surface area contributed by atoms with Crippen LogP contribution in [0.1, 0.15) is 91.1 Å². The molecule has 0 bridgehead atoms. The van der Waals surface area contributed by atoms with Gasteiger partial charge < -0.3 is 26.1 Å². The number of hydrogen-bond acceptors (Lipinski definition) is 19. The number of aryl methyl sites for hydroxylation is 3. The summed E-state index contributed by atoms with van der Waals surface area (Å²) in [6.45, 7) is 13.9. The molecule has 560 valence electrons. The van der Waals surface area contributed by atoms with Gasteiger partial charge in [0.1, 0.15) is 15.9 Å². The van der Waals surface area contributed by atoms with Gasteiger partial charge in [0.2, 0.25) is 10.6 Å². The molecule has 16 aromatic rings. The number of para-hydroxylation sites is 3. The third-order valence-corrected chi connectivity index (χ3v) is 20.9. The maximum Gasteiger partial charge on any atom is 0.498 e. The SMILES string of the molecule is C.C[C@H](N)c1cc2cccc(-c3cnn(C)c3)c2c(=O)n1-c1ccccc1.C[C@H](N)c1cc2cccc(Cl)c2c(=O)n1-c1ccccc1.C[C@H](Nc1nc(Cl)nc2scnc12)c1cc2cccc(-c3cnn(C)c3)c2c(=O)n1-c1ccccc1.Clc1nc(Cl)c2ncsc2n1.Cn1cc(B2OC(C)(C)C(C)(C)O2)cn1. The van der Waals surface area contributed by atoms with Crippen LogP contribution in [0.5, 0.6) is 0 Å². The van der Waals surface area contributed by atoms with Crippen LogP contribution in [-0.2, 0) is 30.5 Å². The molecule has 0 saturated carbocycles. The van der Waals surface area contributed by atoms with E-state index in [1.165, 1.54) is 22.7 Å². The molecule has 10 aromatic heterocycles. The average molecular weight is 1590 g/mol. The zero-order chi connectivity index (χ0) is 77.2. The molecule has 17 rings (SSSR count). The Morgan fingerprint density at radius 1 is 0.482 bits per heavy atom. The van der Waals surface area contributed by atoms with E-state index in [1.54, 1.807) is 63.4 Å². The summed E-state index contributed by atoms with van der Waals surface area (Å²) >= 11 is 26.4. The molecule has 23 nitrogen and oxygen atoms in total. The quantitative estimate of drug-likeness (QED) is 0.0616. The molecule has 1 fully saturated rings. The molecular weight excluding hydrogens is 1510 g/mol. The van der Waals surface area contributed by atoms with E-state index >= 15 is 0 Å². The topological polar surface area (TPSA) is 279 Å². The fourth-order valence-electron chi connectivity index (χ4n) is 12.6. The third-order valence-electron chi connectivity index (χ3n) is 18.5. The van der Waals surface area contributed by atoms with Gasteiger partial charge in [0.25, 0.3) is 16.7 Å². The van der Waals surface area contributed by atoms with Crippen molar-refractivity contribution in [3.63, 3.8) is 0 Å². The molecule has 0 radical (unpaired) electrons. The molecule has 0 spiro atoms. The number of benzene rings is 6. The van der Waals surface area contributed by atoms with E-state index in [1.807, 2.05) is 246 Å². The van der Waals surface area contributed by atoms with Gasteiger partial charge in [-0.2, -0.15) is 20.3 Å². The van der Waals surface area contributed by atoms with Crippen molar-refractivity contribution in [2.45, 2.75) is 85.2 Å². The van der Waals surface area contributed by atoms with Gasteiger partial charge in [-0.05, 0) is 160 Å². The molecule has 1 aliphatic heterocycles. The van der Waals surface area contributed by atoms with Crippen molar-refractivity contribution in [1.29, 1.82) is 0 Å². The first kappa shape index (κ1) is 79.0. The van der Waals surface area contributed by atoms with Gasteiger partial charge in [-0.3, -0.25) is 42.1 Å². The first-order chi connectivity index (χ1) is 52.2. The Labute approximate surface area is 661 Å². The zero-order valence-electron chi connectivity index (χ0n) is 60.7. The maximum atomic E-state index is 14.2. The Balaban J connectivity index is 0.000000135. The highest BCUT2D eigenvalue weighted by Crippen LogP contribution is 2.38. The second-order valence-electron chi connectivity index (χ2n) is 26.8. The largest absolute Gasteiger partial charge is 0.498 e. The zero-order valence-corrected chi connectivity index (χ0v) is 65.4. The number of pyridine rings is 3. The van der Waals surface area contributed by atoms with Crippen molar-refractivity contribution in [3.8, 4) is 39.3 Å². The molecule has 11 heterocycles. The van der Waals surface area contributed by atoms with Crippen molar-refractivity contribution in [1.82, 2.24) is 72.9 Å². The lowest BCUT2D eigenvalue weighted by molar-refractivity contribution is 0.00578. The highest BCUT2D eigenvalue weighted by Gasteiger charge is 2.52. The number of thiazole rings is 2. The predicted molar refractivity (Wildman–Crippen MR) is 446 cm³/mol. The number of nitrogens with two attached hydrogens (primary N) is 2. The lowest BCUT2D eigenvalue weighted by Gasteiger charge is -2.32. The van der Waals surface area contributed by atoms with E-state index in [0.717, 1.165) is 82.8 Å². The monoisotopic (exact) mass is 1580 g/mol. The van der Waals surface area contributed by atoms with Crippen molar-refractivity contribution in [2.24, 2.45) is 32.6 Å². The van der Waals surface area contributed by atoms with Crippen molar-refractivity contribution in [3.05, 3.63) is 281 Å². The number of aromatic nitrogens is 15. The summed E-state index contributed by atoms with van der Waals surface area (Å²) in [4.78, 5) is 66.7. The summed E-state index contributed by atoms with van der Waals surface area (Å²) in [5.74, 6) is 0.523. The van der Waals surface area contributed by atoms with Crippen LogP contribution >= 0.6 is 69.1 Å². The van der Waals surface area contributed by atoms with Gasteiger partial charge in [0, 0.05) is 109 Å². The van der Waals surface area contributed by atoms with E-state index in [0.29, 0.717) is 48.0 Å². The second-order valence-corrected chi connectivity index (χ2v) is 29.9. The molecule has 0 unspecified atom stereocenters. The van der Waals surface area contributed by atoms with Gasteiger partial charge >= 0.3 is 7.12 Å².